The van der Waals surface area contributed by atoms with Gasteiger partial charge in [0.2, 0.25) is 0 Å². The Labute approximate surface area is 228 Å². The van der Waals surface area contributed by atoms with Crippen LogP contribution in [0.25, 0.3) is 11.1 Å². The monoisotopic (exact) mass is 551 g/mol. The fourth-order valence-corrected chi connectivity index (χ4v) is 5.46. The van der Waals surface area contributed by atoms with Crippen LogP contribution in [0, 0.1) is 5.92 Å². The van der Waals surface area contributed by atoms with Crippen molar-refractivity contribution in [2.24, 2.45) is 5.92 Å². The highest BCUT2D eigenvalue weighted by Gasteiger charge is 2.44. The van der Waals surface area contributed by atoms with Crippen LogP contribution < -0.4 is 10.1 Å². The average molecular weight is 552 g/mol. The first-order valence-corrected chi connectivity index (χ1v) is 13.3. The summed E-state index contributed by atoms with van der Waals surface area (Å²) in [6.07, 6.45) is -1.99. The average Bonchev–Trinajstić information content (AvgIpc) is 2.81. The Bertz CT molecular complexity index is 1130. The molecule has 7 nitrogen and oxygen atoms in total. The van der Waals surface area contributed by atoms with Crippen molar-refractivity contribution in [1.82, 2.24) is 9.88 Å². The third-order valence-corrected chi connectivity index (χ3v) is 6.68. The first-order chi connectivity index (χ1) is 18.1. The van der Waals surface area contributed by atoms with E-state index in [1.807, 2.05) is 13.8 Å². The number of rotatable bonds is 9. The van der Waals surface area contributed by atoms with E-state index in [9.17, 15) is 23.1 Å². The molecule has 1 amide bonds. The van der Waals surface area contributed by atoms with E-state index in [1.54, 1.807) is 52.1 Å². The number of amides is 1. The van der Waals surface area contributed by atoms with Crippen LogP contribution in [0.2, 0.25) is 0 Å². The topological polar surface area (TPSA) is 83.9 Å². The van der Waals surface area contributed by atoms with Crippen LogP contribution in [0.4, 0.5) is 23.8 Å². The van der Waals surface area contributed by atoms with Crippen molar-refractivity contribution >= 4 is 11.9 Å². The van der Waals surface area contributed by atoms with Gasteiger partial charge in [0.25, 0.3) is 0 Å². The Morgan fingerprint density at radius 2 is 1.87 bits per heavy atom. The van der Waals surface area contributed by atoms with Crippen molar-refractivity contribution in [2.75, 3.05) is 25.1 Å². The summed E-state index contributed by atoms with van der Waals surface area (Å²) in [5.74, 6) is 0.312. The summed E-state index contributed by atoms with van der Waals surface area (Å²) in [6, 6.07) is 7.42. The lowest BCUT2D eigenvalue weighted by molar-refractivity contribution is -0.139. The highest BCUT2D eigenvalue weighted by molar-refractivity contribution is 5.69. The van der Waals surface area contributed by atoms with Gasteiger partial charge in [0, 0.05) is 18.3 Å². The van der Waals surface area contributed by atoms with Crippen molar-refractivity contribution in [3.8, 4) is 16.9 Å². The van der Waals surface area contributed by atoms with Crippen molar-refractivity contribution in [2.45, 2.75) is 84.1 Å². The quantitative estimate of drug-likeness (QED) is 0.340. The number of alkyl halides is 3. The maximum absolute atomic E-state index is 14.2. The van der Waals surface area contributed by atoms with Crippen LogP contribution >= 0.6 is 0 Å². The fraction of sp³-hybridized carbons (Fsp3) is 0.586. The smallest absolute Gasteiger partial charge is 0.419 e. The van der Waals surface area contributed by atoms with Crippen LogP contribution in [0.3, 0.4) is 0 Å². The summed E-state index contributed by atoms with van der Waals surface area (Å²) < 4.78 is 53.9. The molecule has 10 heteroatoms. The van der Waals surface area contributed by atoms with Gasteiger partial charge in [-0.15, -0.1) is 0 Å². The van der Waals surface area contributed by atoms with E-state index in [4.69, 9.17) is 9.47 Å². The largest absolute Gasteiger partial charge is 0.491 e. The van der Waals surface area contributed by atoms with Gasteiger partial charge in [-0.3, -0.25) is 4.90 Å². The third-order valence-electron chi connectivity index (χ3n) is 6.68. The molecule has 1 saturated heterocycles. The lowest BCUT2D eigenvalue weighted by atomic mass is 9.86. The highest BCUT2D eigenvalue weighted by atomic mass is 19.4. The molecule has 0 saturated carbocycles. The molecule has 0 radical (unpaired) electrons. The van der Waals surface area contributed by atoms with E-state index < -0.39 is 28.9 Å². The molecule has 1 fully saturated rings. The second kappa shape index (κ2) is 12.0. The zero-order valence-electron chi connectivity index (χ0n) is 23.6. The Morgan fingerprint density at radius 3 is 2.44 bits per heavy atom. The Balaban J connectivity index is 1.91. The molecule has 2 aromatic rings. The molecule has 39 heavy (non-hydrogen) atoms. The van der Waals surface area contributed by atoms with Crippen LogP contribution in [-0.2, 0) is 10.9 Å². The molecule has 216 valence electrons. The van der Waals surface area contributed by atoms with Gasteiger partial charge >= 0.3 is 12.3 Å². The van der Waals surface area contributed by atoms with E-state index in [2.05, 4.69) is 10.3 Å². The fourth-order valence-electron chi connectivity index (χ4n) is 5.46. The van der Waals surface area contributed by atoms with Gasteiger partial charge in [-0.25, -0.2) is 9.78 Å². The number of nitrogens with one attached hydrogen (secondary N) is 1. The van der Waals surface area contributed by atoms with Gasteiger partial charge in [-0.1, -0.05) is 19.9 Å². The van der Waals surface area contributed by atoms with Gasteiger partial charge in [-0.2, -0.15) is 13.2 Å². The third kappa shape index (κ3) is 8.00. The zero-order chi connectivity index (χ0) is 29.0. The Morgan fingerprint density at radius 1 is 1.18 bits per heavy atom. The summed E-state index contributed by atoms with van der Waals surface area (Å²) in [4.78, 5) is 17.8. The Kier molecular flexibility index (Phi) is 9.41. The van der Waals surface area contributed by atoms with E-state index in [-0.39, 0.29) is 24.3 Å². The summed E-state index contributed by atoms with van der Waals surface area (Å²) >= 11 is 0. The predicted molar refractivity (Wildman–Crippen MR) is 145 cm³/mol. The minimum atomic E-state index is -4.68. The zero-order valence-corrected chi connectivity index (χ0v) is 23.6. The number of pyridine rings is 1. The summed E-state index contributed by atoms with van der Waals surface area (Å²) in [5.41, 5.74) is -1.82. The van der Waals surface area contributed by atoms with Gasteiger partial charge in [0.1, 0.15) is 18.2 Å². The minimum absolute atomic E-state index is 0.0851. The number of halogens is 3. The molecule has 1 aliphatic heterocycles. The second-order valence-corrected chi connectivity index (χ2v) is 11.9. The molecule has 1 unspecified atom stereocenters. The number of aromatic nitrogens is 1. The van der Waals surface area contributed by atoms with Crippen LogP contribution in [0.15, 0.2) is 36.5 Å². The molecule has 0 spiro atoms. The van der Waals surface area contributed by atoms with Gasteiger partial charge in [0.05, 0.1) is 23.8 Å². The molecule has 2 atom stereocenters. The number of hydrogen-bond acceptors (Lipinski definition) is 5. The van der Waals surface area contributed by atoms with Crippen molar-refractivity contribution < 1.29 is 32.5 Å². The standard InChI is InChI=1S/C29H40F3N3O4/c1-19(2)16-28(6,35(26(36)37)27(3,4)5)18-39-24-10-9-20(14-23(24)29(30,31)32)21-11-12-33-25(15-21)34-22-8-7-13-38-17-22/h9-12,14-15,19,22H,7-8,13,16-18H2,1-6H3,(H,33,34)(H,36,37)/t22?,28-/m0/s1. The summed E-state index contributed by atoms with van der Waals surface area (Å²) in [6.45, 7) is 11.9. The van der Waals surface area contributed by atoms with Crippen LogP contribution in [-0.4, -0.2) is 58.0 Å². The van der Waals surface area contributed by atoms with E-state index in [1.165, 1.54) is 11.0 Å². The number of carbonyl (C=O) groups is 1. The van der Waals surface area contributed by atoms with Gasteiger partial charge < -0.3 is 19.9 Å². The SMILES string of the molecule is CC(C)C[C@@](C)(COc1ccc(-c2ccnc(NC3CCCOC3)c2)cc1C(F)(F)F)N(C(=O)O)C(C)(C)C. The molecular weight excluding hydrogens is 511 g/mol. The maximum Gasteiger partial charge on any atom is 0.419 e. The van der Waals surface area contributed by atoms with E-state index in [0.717, 1.165) is 25.5 Å². The van der Waals surface area contributed by atoms with Crippen LogP contribution in [0.5, 0.6) is 5.75 Å². The number of carboxylic acid groups (broad SMARTS) is 1. The van der Waals surface area contributed by atoms with Crippen molar-refractivity contribution in [1.29, 1.82) is 0 Å². The normalized spacial score (nSPS) is 17.9. The van der Waals surface area contributed by atoms with E-state index >= 15 is 0 Å². The van der Waals surface area contributed by atoms with Crippen molar-refractivity contribution in [3.05, 3.63) is 42.1 Å². The first kappa shape index (κ1) is 30.5. The maximum atomic E-state index is 14.2. The minimum Gasteiger partial charge on any atom is -0.491 e. The highest BCUT2D eigenvalue weighted by Crippen LogP contribution is 2.40. The lowest BCUT2D eigenvalue weighted by Gasteiger charge is -2.47. The van der Waals surface area contributed by atoms with E-state index in [0.29, 0.717) is 30.0 Å². The molecule has 0 bridgehead atoms. The molecule has 1 aromatic heterocycles. The number of nitrogens with zero attached hydrogens (tertiary/aromatic N) is 2. The molecule has 3 rings (SSSR count). The molecule has 0 aliphatic carbocycles. The molecule has 2 N–H and O–H groups in total. The number of hydrogen-bond donors (Lipinski definition) is 2. The molecule has 1 aromatic carbocycles. The molecule has 2 heterocycles. The molecule has 1 aliphatic rings. The van der Waals surface area contributed by atoms with Crippen molar-refractivity contribution in [3.63, 3.8) is 0 Å². The lowest BCUT2D eigenvalue weighted by Crippen LogP contribution is -2.61. The Hall–Kier alpha value is -3.01. The summed E-state index contributed by atoms with van der Waals surface area (Å²) in [7, 11) is 0. The summed E-state index contributed by atoms with van der Waals surface area (Å²) in [5, 5.41) is 13.3. The van der Waals surface area contributed by atoms with Gasteiger partial charge in [-0.05, 0) is 88.3 Å². The number of ether oxygens (including phenoxy) is 2. The predicted octanol–water partition coefficient (Wildman–Crippen LogP) is 7.32. The first-order valence-electron chi connectivity index (χ1n) is 13.3. The van der Waals surface area contributed by atoms with Crippen LogP contribution in [0.1, 0.15) is 66.4 Å². The number of anilines is 1. The number of benzene rings is 1. The van der Waals surface area contributed by atoms with Gasteiger partial charge in [0.15, 0.2) is 0 Å². The molecular formula is C29H40F3N3O4. The second-order valence-electron chi connectivity index (χ2n) is 11.9.